The van der Waals surface area contributed by atoms with Gasteiger partial charge < -0.3 is 15.4 Å². The monoisotopic (exact) mass is 426 g/mol. The lowest BCUT2D eigenvalue weighted by molar-refractivity contribution is -0.113. The van der Waals surface area contributed by atoms with Gasteiger partial charge in [0, 0.05) is 11.4 Å². The smallest absolute Gasteiger partial charge is 0.341 e. The standard InChI is InChI=1S/C17H22N4O3S3/c1-3-8-18-16-20-21-17(27-16)25-9-12(22)19-14-13(15(23)24-2)10-6-4-5-7-11(10)26-14/h3-9H2,1-2H3,(H,18,20)(H,19,22). The highest BCUT2D eigenvalue weighted by atomic mass is 32.2. The fourth-order valence-electron chi connectivity index (χ4n) is 2.83. The van der Waals surface area contributed by atoms with Gasteiger partial charge in [0.15, 0.2) is 4.34 Å². The number of thioether (sulfide) groups is 1. The number of thiophene rings is 1. The third-order valence-electron chi connectivity index (χ3n) is 4.07. The van der Waals surface area contributed by atoms with Crippen LogP contribution < -0.4 is 10.6 Å². The number of carbonyl (C=O) groups excluding carboxylic acids is 2. The molecule has 1 aliphatic rings. The summed E-state index contributed by atoms with van der Waals surface area (Å²) in [6.45, 7) is 2.93. The number of methoxy groups -OCH3 is 1. The highest BCUT2D eigenvalue weighted by Crippen LogP contribution is 2.38. The highest BCUT2D eigenvalue weighted by molar-refractivity contribution is 8.01. The number of anilines is 2. The Morgan fingerprint density at radius 1 is 1.22 bits per heavy atom. The molecule has 10 heteroatoms. The molecule has 0 radical (unpaired) electrons. The van der Waals surface area contributed by atoms with Crippen molar-refractivity contribution in [1.29, 1.82) is 0 Å². The third-order valence-corrected chi connectivity index (χ3v) is 7.29. The molecule has 2 N–H and O–H groups in total. The number of aryl methyl sites for hydroxylation is 1. The number of nitrogens with one attached hydrogen (secondary N) is 2. The van der Waals surface area contributed by atoms with Crippen LogP contribution in [-0.4, -0.2) is 41.5 Å². The van der Waals surface area contributed by atoms with Crippen LogP contribution in [0.25, 0.3) is 0 Å². The number of fused-ring (bicyclic) bond motifs is 1. The van der Waals surface area contributed by atoms with E-state index >= 15 is 0 Å². The van der Waals surface area contributed by atoms with E-state index < -0.39 is 0 Å². The van der Waals surface area contributed by atoms with Crippen LogP contribution in [0.4, 0.5) is 10.1 Å². The Hall–Kier alpha value is -1.65. The van der Waals surface area contributed by atoms with Crippen molar-refractivity contribution < 1.29 is 14.3 Å². The van der Waals surface area contributed by atoms with E-state index in [0.29, 0.717) is 10.6 Å². The number of rotatable bonds is 8. The average Bonchev–Trinajstić information content (AvgIpc) is 3.28. The summed E-state index contributed by atoms with van der Waals surface area (Å²) in [5.74, 6) is -0.332. The van der Waals surface area contributed by atoms with Crippen molar-refractivity contribution >= 4 is 56.4 Å². The maximum Gasteiger partial charge on any atom is 0.341 e. The fourth-order valence-corrected chi connectivity index (χ4v) is 5.70. The molecule has 2 aromatic heterocycles. The van der Waals surface area contributed by atoms with E-state index in [9.17, 15) is 9.59 Å². The minimum Gasteiger partial charge on any atom is -0.465 e. The Morgan fingerprint density at radius 2 is 2.04 bits per heavy atom. The summed E-state index contributed by atoms with van der Waals surface area (Å²) in [5.41, 5.74) is 1.56. The van der Waals surface area contributed by atoms with Crippen molar-refractivity contribution in [2.75, 3.05) is 30.0 Å². The summed E-state index contributed by atoms with van der Waals surface area (Å²) in [6, 6.07) is 0. The van der Waals surface area contributed by atoms with Crippen LogP contribution in [-0.2, 0) is 22.4 Å². The van der Waals surface area contributed by atoms with E-state index in [-0.39, 0.29) is 17.6 Å². The van der Waals surface area contributed by atoms with Gasteiger partial charge in [-0.25, -0.2) is 4.79 Å². The first-order valence-corrected chi connectivity index (χ1v) is 11.5. The van der Waals surface area contributed by atoms with E-state index in [2.05, 4.69) is 27.8 Å². The van der Waals surface area contributed by atoms with Crippen molar-refractivity contribution in [3.8, 4) is 0 Å². The molecule has 0 atom stereocenters. The van der Waals surface area contributed by atoms with Crippen LogP contribution in [0, 0.1) is 0 Å². The van der Waals surface area contributed by atoms with Gasteiger partial charge in [0.05, 0.1) is 18.4 Å². The van der Waals surface area contributed by atoms with Gasteiger partial charge in [-0.3, -0.25) is 4.79 Å². The molecule has 0 saturated heterocycles. The van der Waals surface area contributed by atoms with Crippen molar-refractivity contribution in [3.05, 3.63) is 16.0 Å². The number of hydrogen-bond acceptors (Lipinski definition) is 9. The summed E-state index contributed by atoms with van der Waals surface area (Å²) in [6.07, 6.45) is 5.00. The van der Waals surface area contributed by atoms with Crippen LogP contribution >= 0.6 is 34.4 Å². The zero-order valence-corrected chi connectivity index (χ0v) is 17.7. The van der Waals surface area contributed by atoms with Crippen LogP contribution in [0.5, 0.6) is 0 Å². The molecule has 1 aliphatic carbocycles. The highest BCUT2D eigenvalue weighted by Gasteiger charge is 2.26. The second-order valence-corrected chi connectivity index (χ2v) is 9.35. The lowest BCUT2D eigenvalue weighted by Crippen LogP contribution is -2.16. The van der Waals surface area contributed by atoms with Gasteiger partial charge in [-0.15, -0.1) is 21.5 Å². The Bertz CT molecular complexity index is 818. The second kappa shape index (κ2) is 9.52. The molecule has 0 aliphatic heterocycles. The first-order valence-electron chi connectivity index (χ1n) is 8.85. The second-order valence-electron chi connectivity index (χ2n) is 6.04. The molecular formula is C17H22N4O3S3. The SMILES string of the molecule is CCCNc1nnc(SCC(=O)Nc2sc3c(c2C(=O)OC)CCCC3)s1. The normalized spacial score (nSPS) is 13.1. The van der Waals surface area contributed by atoms with Crippen LogP contribution in [0.3, 0.4) is 0 Å². The average molecular weight is 427 g/mol. The van der Waals surface area contributed by atoms with Gasteiger partial charge in [0.1, 0.15) is 5.00 Å². The van der Waals surface area contributed by atoms with Crippen molar-refractivity contribution in [1.82, 2.24) is 10.2 Å². The van der Waals surface area contributed by atoms with Crippen molar-refractivity contribution in [2.24, 2.45) is 0 Å². The summed E-state index contributed by atoms with van der Waals surface area (Å²) in [5, 5.41) is 15.6. The zero-order valence-electron chi connectivity index (χ0n) is 15.3. The Balaban J connectivity index is 1.63. The van der Waals surface area contributed by atoms with E-state index in [0.717, 1.165) is 53.7 Å². The van der Waals surface area contributed by atoms with Crippen LogP contribution in [0.15, 0.2) is 4.34 Å². The molecule has 2 heterocycles. The van der Waals surface area contributed by atoms with Crippen LogP contribution in [0.1, 0.15) is 47.0 Å². The van der Waals surface area contributed by atoms with E-state index in [4.69, 9.17) is 4.74 Å². The summed E-state index contributed by atoms with van der Waals surface area (Å²) >= 11 is 4.26. The molecule has 0 unspecified atom stereocenters. The molecular weight excluding hydrogens is 404 g/mol. The number of carbonyl (C=O) groups is 2. The first kappa shape index (κ1) is 20.1. The molecule has 0 aromatic carbocycles. The molecule has 2 aromatic rings. The molecule has 3 rings (SSSR count). The Kier molecular flexibility index (Phi) is 7.08. The fraction of sp³-hybridized carbons (Fsp3) is 0.529. The molecule has 7 nitrogen and oxygen atoms in total. The number of esters is 1. The largest absolute Gasteiger partial charge is 0.465 e. The van der Waals surface area contributed by atoms with Crippen molar-refractivity contribution in [3.63, 3.8) is 0 Å². The van der Waals surface area contributed by atoms with Gasteiger partial charge in [-0.05, 0) is 37.7 Å². The lowest BCUT2D eigenvalue weighted by Gasteiger charge is -2.11. The van der Waals surface area contributed by atoms with Crippen LogP contribution in [0.2, 0.25) is 0 Å². The molecule has 0 bridgehead atoms. The Labute approximate surface area is 170 Å². The number of hydrogen-bond donors (Lipinski definition) is 2. The number of aromatic nitrogens is 2. The first-order chi connectivity index (χ1) is 13.1. The minimum absolute atomic E-state index is 0.165. The van der Waals surface area contributed by atoms with E-state index in [1.807, 2.05) is 0 Å². The summed E-state index contributed by atoms with van der Waals surface area (Å²) in [7, 11) is 1.37. The lowest BCUT2D eigenvalue weighted by atomic mass is 9.95. The summed E-state index contributed by atoms with van der Waals surface area (Å²) < 4.78 is 5.67. The van der Waals surface area contributed by atoms with Gasteiger partial charge in [0.25, 0.3) is 0 Å². The minimum atomic E-state index is -0.381. The molecule has 0 fully saturated rings. The number of amides is 1. The maximum absolute atomic E-state index is 12.4. The van der Waals surface area contributed by atoms with Gasteiger partial charge >= 0.3 is 5.97 Å². The van der Waals surface area contributed by atoms with Gasteiger partial charge in [0.2, 0.25) is 11.0 Å². The molecule has 0 spiro atoms. The predicted molar refractivity (Wildman–Crippen MR) is 110 cm³/mol. The van der Waals surface area contributed by atoms with E-state index in [1.165, 1.54) is 46.4 Å². The molecule has 146 valence electrons. The summed E-state index contributed by atoms with van der Waals surface area (Å²) in [4.78, 5) is 25.8. The zero-order chi connectivity index (χ0) is 19.2. The third kappa shape index (κ3) is 4.99. The van der Waals surface area contributed by atoms with Gasteiger partial charge in [-0.1, -0.05) is 30.0 Å². The Morgan fingerprint density at radius 3 is 2.81 bits per heavy atom. The van der Waals surface area contributed by atoms with Crippen molar-refractivity contribution in [2.45, 2.75) is 43.4 Å². The molecule has 27 heavy (non-hydrogen) atoms. The molecule has 0 saturated carbocycles. The number of nitrogens with zero attached hydrogens (tertiary/aromatic N) is 2. The van der Waals surface area contributed by atoms with E-state index in [1.54, 1.807) is 0 Å². The quantitative estimate of drug-likeness (QED) is 0.489. The van der Waals surface area contributed by atoms with Gasteiger partial charge in [-0.2, -0.15) is 0 Å². The maximum atomic E-state index is 12.4. The topological polar surface area (TPSA) is 93.2 Å². The predicted octanol–water partition coefficient (Wildman–Crippen LogP) is 3.82. The molecule has 1 amide bonds. The number of ether oxygens (including phenoxy) is 1.